The lowest BCUT2D eigenvalue weighted by molar-refractivity contribution is 0.102. The standard InChI is InChI=1S/C21H20N2O4S/c1-23(2)28(25,26)20-10-6-7-17(15-20)22-21(24)16-11-13-19(14-12-16)27-18-8-4-3-5-9-18/h3-15H,1-2H3,(H,22,24). The predicted molar refractivity (Wildman–Crippen MR) is 108 cm³/mol. The van der Waals surface area contributed by atoms with Crippen LogP contribution in [0.4, 0.5) is 5.69 Å². The van der Waals surface area contributed by atoms with E-state index in [0.717, 1.165) is 4.31 Å². The van der Waals surface area contributed by atoms with E-state index in [0.29, 0.717) is 22.7 Å². The summed E-state index contributed by atoms with van der Waals surface area (Å²) in [4.78, 5) is 12.6. The van der Waals surface area contributed by atoms with Crippen molar-refractivity contribution in [2.24, 2.45) is 0 Å². The van der Waals surface area contributed by atoms with Gasteiger partial charge in [0.1, 0.15) is 11.5 Å². The topological polar surface area (TPSA) is 75.7 Å². The normalized spacial score (nSPS) is 11.2. The van der Waals surface area contributed by atoms with Gasteiger partial charge in [0.15, 0.2) is 0 Å². The van der Waals surface area contributed by atoms with Crippen LogP contribution in [0.15, 0.2) is 83.8 Å². The highest BCUT2D eigenvalue weighted by Crippen LogP contribution is 2.22. The summed E-state index contributed by atoms with van der Waals surface area (Å²) in [6, 6.07) is 22.2. The summed E-state index contributed by atoms with van der Waals surface area (Å²) in [5.41, 5.74) is 0.832. The molecular weight excluding hydrogens is 376 g/mol. The molecule has 0 radical (unpaired) electrons. The van der Waals surface area contributed by atoms with Gasteiger partial charge in [0.25, 0.3) is 5.91 Å². The van der Waals surface area contributed by atoms with E-state index < -0.39 is 10.0 Å². The molecule has 0 aliphatic carbocycles. The third-order valence-corrected chi connectivity index (χ3v) is 5.78. The van der Waals surface area contributed by atoms with Crippen LogP contribution in [0.5, 0.6) is 11.5 Å². The highest BCUT2D eigenvalue weighted by Gasteiger charge is 2.17. The lowest BCUT2D eigenvalue weighted by Crippen LogP contribution is -2.22. The number of hydrogen-bond donors (Lipinski definition) is 1. The van der Waals surface area contributed by atoms with Gasteiger partial charge in [0, 0.05) is 25.3 Å². The number of amides is 1. The summed E-state index contributed by atoms with van der Waals surface area (Å²) < 4.78 is 31.3. The van der Waals surface area contributed by atoms with Crippen molar-refractivity contribution in [2.75, 3.05) is 19.4 Å². The minimum absolute atomic E-state index is 0.113. The predicted octanol–water partition coefficient (Wildman–Crippen LogP) is 3.98. The number of nitrogens with one attached hydrogen (secondary N) is 1. The van der Waals surface area contributed by atoms with Crippen molar-refractivity contribution in [2.45, 2.75) is 4.90 Å². The number of benzene rings is 3. The van der Waals surface area contributed by atoms with Crippen molar-refractivity contribution in [3.63, 3.8) is 0 Å². The van der Waals surface area contributed by atoms with Crippen molar-refractivity contribution < 1.29 is 17.9 Å². The van der Waals surface area contributed by atoms with Crippen LogP contribution in [0.1, 0.15) is 10.4 Å². The molecule has 0 aliphatic heterocycles. The highest BCUT2D eigenvalue weighted by atomic mass is 32.2. The first-order chi connectivity index (χ1) is 13.4. The molecule has 0 atom stereocenters. The average Bonchev–Trinajstić information content (AvgIpc) is 2.69. The van der Waals surface area contributed by atoms with E-state index >= 15 is 0 Å². The van der Waals surface area contributed by atoms with Crippen LogP contribution in [-0.2, 0) is 10.0 Å². The van der Waals surface area contributed by atoms with Crippen LogP contribution in [0, 0.1) is 0 Å². The summed E-state index contributed by atoms with van der Waals surface area (Å²) >= 11 is 0. The third kappa shape index (κ3) is 4.57. The Balaban J connectivity index is 1.71. The van der Waals surface area contributed by atoms with Crippen LogP contribution < -0.4 is 10.1 Å². The number of anilines is 1. The van der Waals surface area contributed by atoms with Gasteiger partial charge in [-0.3, -0.25) is 4.79 Å². The molecule has 3 aromatic carbocycles. The Labute approximate surface area is 164 Å². The van der Waals surface area contributed by atoms with Crippen LogP contribution in [-0.4, -0.2) is 32.7 Å². The minimum atomic E-state index is -3.57. The molecule has 0 fully saturated rings. The molecule has 28 heavy (non-hydrogen) atoms. The van der Waals surface area contributed by atoms with Gasteiger partial charge in [0.2, 0.25) is 10.0 Å². The average molecular weight is 396 g/mol. The Kier molecular flexibility index (Phi) is 5.77. The zero-order valence-electron chi connectivity index (χ0n) is 15.5. The van der Waals surface area contributed by atoms with Crippen LogP contribution >= 0.6 is 0 Å². The highest BCUT2D eigenvalue weighted by molar-refractivity contribution is 7.89. The molecule has 1 amide bonds. The molecule has 0 unspecified atom stereocenters. The van der Waals surface area contributed by atoms with Gasteiger partial charge in [-0.05, 0) is 54.6 Å². The first kappa shape index (κ1) is 19.6. The second kappa shape index (κ2) is 8.24. The smallest absolute Gasteiger partial charge is 0.255 e. The fraction of sp³-hybridized carbons (Fsp3) is 0.0952. The van der Waals surface area contributed by atoms with Crippen LogP contribution in [0.3, 0.4) is 0 Å². The van der Waals surface area contributed by atoms with Gasteiger partial charge < -0.3 is 10.1 Å². The Hall–Kier alpha value is -3.16. The van der Waals surface area contributed by atoms with Crippen molar-refractivity contribution in [3.8, 4) is 11.5 Å². The molecule has 0 bridgehead atoms. The monoisotopic (exact) mass is 396 g/mol. The summed E-state index contributed by atoms with van der Waals surface area (Å²) in [6.45, 7) is 0. The van der Waals surface area contributed by atoms with E-state index in [4.69, 9.17) is 4.74 Å². The van der Waals surface area contributed by atoms with Gasteiger partial charge in [-0.2, -0.15) is 0 Å². The van der Waals surface area contributed by atoms with Gasteiger partial charge in [-0.15, -0.1) is 0 Å². The van der Waals surface area contributed by atoms with Gasteiger partial charge in [-0.1, -0.05) is 24.3 Å². The van der Waals surface area contributed by atoms with Crippen molar-refractivity contribution in [1.82, 2.24) is 4.31 Å². The van der Waals surface area contributed by atoms with E-state index in [-0.39, 0.29) is 10.8 Å². The molecule has 6 nitrogen and oxygen atoms in total. The number of hydrogen-bond acceptors (Lipinski definition) is 4. The Morgan fingerprint density at radius 1 is 0.857 bits per heavy atom. The maximum atomic E-state index is 12.5. The summed E-state index contributed by atoms with van der Waals surface area (Å²) in [7, 11) is -0.654. The zero-order valence-corrected chi connectivity index (χ0v) is 16.3. The van der Waals surface area contributed by atoms with Gasteiger partial charge in [0.05, 0.1) is 4.90 Å². The molecule has 144 valence electrons. The van der Waals surface area contributed by atoms with Crippen LogP contribution in [0.2, 0.25) is 0 Å². The van der Waals surface area contributed by atoms with E-state index in [2.05, 4.69) is 5.32 Å². The zero-order chi connectivity index (χ0) is 20.1. The number of ether oxygens (including phenoxy) is 1. The molecule has 0 aromatic heterocycles. The quantitative estimate of drug-likeness (QED) is 0.684. The summed E-state index contributed by atoms with van der Waals surface area (Å²) in [5, 5.41) is 2.72. The van der Waals surface area contributed by atoms with E-state index in [1.54, 1.807) is 36.4 Å². The van der Waals surface area contributed by atoms with Crippen LogP contribution in [0.25, 0.3) is 0 Å². The molecule has 3 aromatic rings. The van der Waals surface area contributed by atoms with Crippen molar-refractivity contribution in [1.29, 1.82) is 0 Å². The van der Waals surface area contributed by atoms with E-state index in [9.17, 15) is 13.2 Å². The first-order valence-corrected chi connectivity index (χ1v) is 9.97. The lowest BCUT2D eigenvalue weighted by atomic mass is 10.2. The molecule has 3 rings (SSSR count). The number of nitrogens with zero attached hydrogens (tertiary/aromatic N) is 1. The number of sulfonamides is 1. The molecule has 0 saturated heterocycles. The third-order valence-electron chi connectivity index (χ3n) is 3.97. The summed E-state index contributed by atoms with van der Waals surface area (Å²) in [5.74, 6) is 0.978. The second-order valence-corrected chi connectivity index (χ2v) is 8.36. The maximum Gasteiger partial charge on any atom is 0.255 e. The second-order valence-electron chi connectivity index (χ2n) is 6.21. The largest absolute Gasteiger partial charge is 0.457 e. The SMILES string of the molecule is CN(C)S(=O)(=O)c1cccc(NC(=O)c2ccc(Oc3ccccc3)cc2)c1. The van der Waals surface area contributed by atoms with Crippen molar-refractivity contribution >= 4 is 21.6 Å². The molecule has 0 spiro atoms. The number of carbonyl (C=O) groups excluding carboxylic acids is 1. The number of carbonyl (C=O) groups is 1. The van der Waals surface area contributed by atoms with E-state index in [1.807, 2.05) is 30.3 Å². The maximum absolute atomic E-state index is 12.5. The Morgan fingerprint density at radius 2 is 1.50 bits per heavy atom. The first-order valence-electron chi connectivity index (χ1n) is 8.53. The fourth-order valence-corrected chi connectivity index (χ4v) is 3.40. The molecule has 1 N–H and O–H groups in total. The minimum Gasteiger partial charge on any atom is -0.457 e. The molecule has 0 aliphatic rings. The number of para-hydroxylation sites is 1. The lowest BCUT2D eigenvalue weighted by Gasteiger charge is -2.13. The number of rotatable bonds is 6. The summed E-state index contributed by atoms with van der Waals surface area (Å²) in [6.07, 6.45) is 0. The Bertz CT molecular complexity index is 1060. The molecule has 0 heterocycles. The van der Waals surface area contributed by atoms with Crippen molar-refractivity contribution in [3.05, 3.63) is 84.4 Å². The van der Waals surface area contributed by atoms with Gasteiger partial charge >= 0.3 is 0 Å². The van der Waals surface area contributed by atoms with Gasteiger partial charge in [-0.25, -0.2) is 12.7 Å². The van der Waals surface area contributed by atoms with E-state index in [1.165, 1.54) is 26.2 Å². The fourth-order valence-electron chi connectivity index (χ4n) is 2.45. The molecular formula is C21H20N2O4S. The molecule has 7 heteroatoms. The Morgan fingerprint density at radius 3 is 2.14 bits per heavy atom. The molecule has 0 saturated carbocycles.